The molecule has 1 fully saturated rings. The van der Waals surface area contributed by atoms with Crippen LogP contribution in [0.3, 0.4) is 0 Å². The summed E-state index contributed by atoms with van der Waals surface area (Å²) in [6.45, 7) is 3.23. The Hall–Kier alpha value is -0.850. The van der Waals surface area contributed by atoms with Crippen molar-refractivity contribution >= 4 is 10.0 Å². The maximum atomic E-state index is 12.4. The van der Waals surface area contributed by atoms with Crippen LogP contribution in [0.4, 0.5) is 0 Å². The van der Waals surface area contributed by atoms with Crippen molar-refractivity contribution in [3.63, 3.8) is 0 Å². The van der Waals surface area contributed by atoms with Crippen LogP contribution in [0.15, 0.2) is 15.4 Å². The van der Waals surface area contributed by atoms with Gasteiger partial charge in [0.25, 0.3) is 0 Å². The van der Waals surface area contributed by atoms with Crippen molar-refractivity contribution in [1.82, 2.24) is 4.31 Å². The molecule has 1 aromatic rings. The fraction of sp³-hybridized carbons (Fsp3) is 0.667. The SMILES string of the molecule is Cc1oc(CO)cc1S(=O)(=O)N(C)C(C)C1CC1. The molecule has 2 rings (SSSR count). The Morgan fingerprint density at radius 1 is 1.56 bits per heavy atom. The number of nitrogens with zero attached hydrogens (tertiary/aromatic N) is 1. The van der Waals surface area contributed by atoms with Gasteiger partial charge in [0.1, 0.15) is 23.0 Å². The van der Waals surface area contributed by atoms with Crippen molar-refractivity contribution in [3.8, 4) is 0 Å². The van der Waals surface area contributed by atoms with Crippen molar-refractivity contribution in [2.45, 2.75) is 44.2 Å². The van der Waals surface area contributed by atoms with E-state index >= 15 is 0 Å². The van der Waals surface area contributed by atoms with Gasteiger partial charge >= 0.3 is 0 Å². The van der Waals surface area contributed by atoms with E-state index in [0.29, 0.717) is 11.7 Å². The predicted octanol–water partition coefficient (Wildman–Crippen LogP) is 1.50. The maximum Gasteiger partial charge on any atom is 0.246 e. The van der Waals surface area contributed by atoms with Crippen LogP contribution in [0.1, 0.15) is 31.3 Å². The summed E-state index contributed by atoms with van der Waals surface area (Å²) in [7, 11) is -1.93. The molecule has 0 radical (unpaired) electrons. The Bertz CT molecular complexity index is 530. The third-order valence-electron chi connectivity index (χ3n) is 3.61. The molecule has 5 nitrogen and oxygen atoms in total. The number of aryl methyl sites for hydroxylation is 1. The summed E-state index contributed by atoms with van der Waals surface area (Å²) in [4.78, 5) is 0.154. The maximum absolute atomic E-state index is 12.4. The minimum Gasteiger partial charge on any atom is -0.462 e. The van der Waals surface area contributed by atoms with E-state index in [9.17, 15) is 8.42 Å². The van der Waals surface area contributed by atoms with Crippen LogP contribution in [-0.2, 0) is 16.6 Å². The van der Waals surface area contributed by atoms with Crippen LogP contribution in [-0.4, -0.2) is 30.9 Å². The standard InChI is InChI=1S/C12H19NO4S/c1-8(10-4-5-10)13(3)18(15,16)12-6-11(7-14)17-9(12)2/h6,8,10,14H,4-5,7H2,1-3H3. The van der Waals surface area contributed by atoms with Gasteiger partial charge in [-0.05, 0) is 32.6 Å². The highest BCUT2D eigenvalue weighted by Gasteiger charge is 2.37. The molecule has 0 amide bonds. The minimum absolute atomic E-state index is 0.00174. The molecule has 1 aliphatic rings. The number of hydrogen-bond acceptors (Lipinski definition) is 4. The van der Waals surface area contributed by atoms with Crippen LogP contribution in [0.5, 0.6) is 0 Å². The van der Waals surface area contributed by atoms with Crippen LogP contribution >= 0.6 is 0 Å². The van der Waals surface area contributed by atoms with Gasteiger partial charge in [-0.15, -0.1) is 0 Å². The number of aliphatic hydroxyl groups is 1. The lowest BCUT2D eigenvalue weighted by atomic mass is 10.2. The number of furan rings is 1. The molecule has 1 heterocycles. The lowest BCUT2D eigenvalue weighted by Gasteiger charge is -2.23. The van der Waals surface area contributed by atoms with E-state index in [-0.39, 0.29) is 23.3 Å². The normalized spacial score (nSPS) is 18.3. The highest BCUT2D eigenvalue weighted by Crippen LogP contribution is 2.37. The molecule has 0 bridgehead atoms. The first-order chi connectivity index (χ1) is 8.37. The molecule has 102 valence electrons. The number of hydrogen-bond donors (Lipinski definition) is 1. The summed E-state index contributed by atoms with van der Waals surface area (Å²) in [5, 5.41) is 8.98. The van der Waals surface area contributed by atoms with Gasteiger partial charge in [-0.3, -0.25) is 0 Å². The number of sulfonamides is 1. The van der Waals surface area contributed by atoms with Crippen molar-refractivity contribution < 1.29 is 17.9 Å². The Morgan fingerprint density at radius 2 is 2.17 bits per heavy atom. The van der Waals surface area contributed by atoms with Crippen LogP contribution in [0.25, 0.3) is 0 Å². The molecular formula is C12H19NO4S. The first-order valence-corrected chi connectivity index (χ1v) is 7.50. The molecule has 6 heteroatoms. The van der Waals surface area contributed by atoms with Gasteiger partial charge in [-0.2, -0.15) is 4.31 Å². The second-order valence-electron chi connectivity index (χ2n) is 4.89. The molecule has 0 aromatic carbocycles. The molecule has 18 heavy (non-hydrogen) atoms. The van der Waals surface area contributed by atoms with E-state index in [0.717, 1.165) is 12.8 Å². The van der Waals surface area contributed by atoms with Crippen molar-refractivity contribution in [3.05, 3.63) is 17.6 Å². The summed E-state index contributed by atoms with van der Waals surface area (Å²) in [5.74, 6) is 1.07. The topological polar surface area (TPSA) is 70.8 Å². The van der Waals surface area contributed by atoms with E-state index in [1.807, 2.05) is 6.92 Å². The van der Waals surface area contributed by atoms with Crippen LogP contribution < -0.4 is 0 Å². The predicted molar refractivity (Wildman–Crippen MR) is 66.5 cm³/mol. The van der Waals surface area contributed by atoms with E-state index < -0.39 is 10.0 Å². The highest BCUT2D eigenvalue weighted by molar-refractivity contribution is 7.89. The monoisotopic (exact) mass is 273 g/mol. The third-order valence-corrected chi connectivity index (χ3v) is 5.67. The largest absolute Gasteiger partial charge is 0.462 e. The first-order valence-electron chi connectivity index (χ1n) is 6.06. The summed E-state index contributed by atoms with van der Waals surface area (Å²) >= 11 is 0. The van der Waals surface area contributed by atoms with Gasteiger partial charge in [0, 0.05) is 19.2 Å². The van der Waals surface area contributed by atoms with E-state index in [2.05, 4.69) is 0 Å². The molecule has 1 unspecified atom stereocenters. The smallest absolute Gasteiger partial charge is 0.246 e. The van der Waals surface area contributed by atoms with Crippen LogP contribution in [0, 0.1) is 12.8 Å². The van der Waals surface area contributed by atoms with Crippen molar-refractivity contribution in [2.24, 2.45) is 5.92 Å². The van der Waals surface area contributed by atoms with Crippen LogP contribution in [0.2, 0.25) is 0 Å². The summed E-state index contributed by atoms with van der Waals surface area (Å²) in [6, 6.07) is 1.41. The van der Waals surface area contributed by atoms with Crippen molar-refractivity contribution in [1.29, 1.82) is 0 Å². The van der Waals surface area contributed by atoms with Gasteiger partial charge < -0.3 is 9.52 Å². The summed E-state index contributed by atoms with van der Waals surface area (Å²) in [5.41, 5.74) is 0. The van der Waals surface area contributed by atoms with Gasteiger partial charge in [0.05, 0.1) is 0 Å². The zero-order chi connectivity index (χ0) is 13.5. The molecule has 1 aromatic heterocycles. The summed E-state index contributed by atoms with van der Waals surface area (Å²) < 4.78 is 31.5. The first kappa shape index (κ1) is 13.6. The molecule has 1 atom stereocenters. The zero-order valence-electron chi connectivity index (χ0n) is 10.9. The van der Waals surface area contributed by atoms with E-state index in [1.54, 1.807) is 14.0 Å². The fourth-order valence-electron chi connectivity index (χ4n) is 2.11. The highest BCUT2D eigenvalue weighted by atomic mass is 32.2. The quantitative estimate of drug-likeness (QED) is 0.882. The van der Waals surface area contributed by atoms with Gasteiger partial charge in [0.15, 0.2) is 0 Å². The molecular weight excluding hydrogens is 254 g/mol. The average molecular weight is 273 g/mol. The molecule has 1 aliphatic carbocycles. The minimum atomic E-state index is -3.53. The average Bonchev–Trinajstić information content (AvgIpc) is 3.10. The molecule has 0 saturated heterocycles. The molecule has 0 aliphatic heterocycles. The van der Waals surface area contributed by atoms with E-state index in [4.69, 9.17) is 9.52 Å². The molecule has 1 N–H and O–H groups in total. The number of aliphatic hydroxyl groups excluding tert-OH is 1. The Morgan fingerprint density at radius 3 is 2.61 bits per heavy atom. The zero-order valence-corrected chi connectivity index (χ0v) is 11.7. The third kappa shape index (κ3) is 2.32. The lowest BCUT2D eigenvalue weighted by molar-refractivity contribution is 0.244. The lowest BCUT2D eigenvalue weighted by Crippen LogP contribution is -2.36. The molecule has 0 spiro atoms. The van der Waals surface area contributed by atoms with Crippen molar-refractivity contribution in [2.75, 3.05) is 7.05 Å². The Labute approximate surface area is 107 Å². The second-order valence-corrected chi connectivity index (χ2v) is 6.86. The second kappa shape index (κ2) is 4.68. The summed E-state index contributed by atoms with van der Waals surface area (Å²) in [6.07, 6.45) is 2.18. The Kier molecular flexibility index (Phi) is 3.53. The van der Waals surface area contributed by atoms with Gasteiger partial charge in [-0.1, -0.05) is 0 Å². The van der Waals surface area contributed by atoms with Gasteiger partial charge in [0.2, 0.25) is 10.0 Å². The Balaban J connectivity index is 2.31. The van der Waals surface area contributed by atoms with E-state index in [1.165, 1.54) is 10.4 Å². The fourth-order valence-corrected chi connectivity index (χ4v) is 3.71. The molecule has 1 saturated carbocycles. The van der Waals surface area contributed by atoms with Gasteiger partial charge in [-0.25, -0.2) is 8.42 Å². The number of rotatable bonds is 5.